The van der Waals surface area contributed by atoms with E-state index in [1.807, 2.05) is 6.07 Å². The molecule has 0 saturated carbocycles. The predicted molar refractivity (Wildman–Crippen MR) is 79.0 cm³/mol. The highest BCUT2D eigenvalue weighted by Gasteiger charge is 2.15. The number of methoxy groups -OCH3 is 1. The van der Waals surface area contributed by atoms with E-state index in [4.69, 9.17) is 9.47 Å². The first-order chi connectivity index (χ1) is 9.81. The normalized spacial score (nSPS) is 18.2. The second kappa shape index (κ2) is 8.01. The van der Waals surface area contributed by atoms with Crippen LogP contribution < -0.4 is 10.6 Å². The lowest BCUT2D eigenvalue weighted by molar-refractivity contribution is 0.120. The lowest BCUT2D eigenvalue weighted by Gasteiger charge is -2.13. The summed E-state index contributed by atoms with van der Waals surface area (Å²) in [5, 5.41) is 6.61. The molecule has 1 aliphatic heterocycles. The summed E-state index contributed by atoms with van der Waals surface area (Å²) in [6.45, 7) is 5.09. The topological polar surface area (TPSA) is 68.3 Å². The fourth-order valence-electron chi connectivity index (χ4n) is 2.15. The van der Waals surface area contributed by atoms with Crippen LogP contribution >= 0.6 is 0 Å². The van der Waals surface area contributed by atoms with Crippen molar-refractivity contribution in [3.05, 3.63) is 11.9 Å². The minimum Gasteiger partial charge on any atom is -0.377 e. The molecule has 1 saturated heterocycles. The summed E-state index contributed by atoms with van der Waals surface area (Å²) in [7, 11) is 1.65. The van der Waals surface area contributed by atoms with Crippen molar-refractivity contribution in [3.8, 4) is 0 Å². The molecule has 1 aromatic heterocycles. The number of nitrogens with one attached hydrogen (secondary N) is 2. The van der Waals surface area contributed by atoms with Crippen LogP contribution in [0.1, 0.15) is 32.0 Å². The highest BCUT2D eigenvalue weighted by molar-refractivity contribution is 5.47. The number of anilines is 2. The molecule has 20 heavy (non-hydrogen) atoms. The predicted octanol–water partition coefficient (Wildman–Crippen LogP) is 2.04. The molecule has 0 spiro atoms. The Bertz CT molecular complexity index is 408. The Morgan fingerprint density at radius 3 is 2.80 bits per heavy atom. The third kappa shape index (κ3) is 4.61. The van der Waals surface area contributed by atoms with Crippen molar-refractivity contribution in [2.75, 3.05) is 37.4 Å². The van der Waals surface area contributed by atoms with Gasteiger partial charge in [0.05, 0.1) is 6.10 Å². The molecular weight excluding hydrogens is 256 g/mol. The molecule has 6 nitrogen and oxygen atoms in total. The Balaban J connectivity index is 1.98. The van der Waals surface area contributed by atoms with Crippen LogP contribution in [-0.4, -0.2) is 42.9 Å². The molecule has 1 unspecified atom stereocenters. The molecule has 0 bridgehead atoms. The zero-order chi connectivity index (χ0) is 14.2. The van der Waals surface area contributed by atoms with Gasteiger partial charge in [-0.05, 0) is 19.3 Å². The summed E-state index contributed by atoms with van der Waals surface area (Å²) in [6.07, 6.45) is 3.61. The van der Waals surface area contributed by atoms with Crippen molar-refractivity contribution >= 4 is 11.6 Å². The Morgan fingerprint density at radius 1 is 1.35 bits per heavy atom. The lowest BCUT2D eigenvalue weighted by atomic mass is 10.2. The van der Waals surface area contributed by atoms with Gasteiger partial charge in [-0.25, -0.2) is 9.97 Å². The van der Waals surface area contributed by atoms with Crippen molar-refractivity contribution in [2.45, 2.75) is 38.9 Å². The number of ether oxygens (including phenoxy) is 2. The first kappa shape index (κ1) is 15.0. The van der Waals surface area contributed by atoms with Crippen molar-refractivity contribution in [3.63, 3.8) is 0 Å². The number of hydrogen-bond donors (Lipinski definition) is 2. The molecule has 2 N–H and O–H groups in total. The van der Waals surface area contributed by atoms with Gasteiger partial charge in [0.25, 0.3) is 0 Å². The van der Waals surface area contributed by atoms with E-state index < -0.39 is 0 Å². The van der Waals surface area contributed by atoms with Crippen molar-refractivity contribution in [1.82, 2.24) is 9.97 Å². The first-order valence-electron chi connectivity index (χ1n) is 7.28. The van der Waals surface area contributed by atoms with Crippen LogP contribution in [0, 0.1) is 0 Å². The SMILES string of the molecule is CCCNc1cc(NCC2CCCO2)nc(COC)n1. The van der Waals surface area contributed by atoms with E-state index >= 15 is 0 Å². The molecule has 0 radical (unpaired) electrons. The maximum Gasteiger partial charge on any atom is 0.158 e. The highest BCUT2D eigenvalue weighted by Crippen LogP contribution is 2.15. The van der Waals surface area contributed by atoms with Gasteiger partial charge in [0.15, 0.2) is 5.82 Å². The molecule has 0 aromatic carbocycles. The van der Waals surface area contributed by atoms with Crippen molar-refractivity contribution in [1.29, 1.82) is 0 Å². The van der Waals surface area contributed by atoms with Gasteiger partial charge in [-0.1, -0.05) is 6.92 Å². The monoisotopic (exact) mass is 280 g/mol. The number of nitrogens with zero attached hydrogens (tertiary/aromatic N) is 2. The summed E-state index contributed by atoms with van der Waals surface area (Å²) in [6, 6.07) is 1.93. The van der Waals surface area contributed by atoms with Crippen LogP contribution in [-0.2, 0) is 16.1 Å². The molecule has 0 amide bonds. The Kier molecular flexibility index (Phi) is 6.01. The van der Waals surface area contributed by atoms with Crippen LogP contribution in [0.2, 0.25) is 0 Å². The lowest BCUT2D eigenvalue weighted by Crippen LogP contribution is -2.19. The maximum absolute atomic E-state index is 5.60. The Labute approximate surface area is 120 Å². The Morgan fingerprint density at radius 2 is 2.15 bits per heavy atom. The summed E-state index contributed by atoms with van der Waals surface area (Å²) in [5.74, 6) is 2.34. The first-order valence-corrected chi connectivity index (χ1v) is 7.28. The zero-order valence-electron chi connectivity index (χ0n) is 12.3. The molecule has 2 rings (SSSR count). The van der Waals surface area contributed by atoms with Gasteiger partial charge in [0.2, 0.25) is 0 Å². The van der Waals surface area contributed by atoms with Crippen LogP contribution in [0.3, 0.4) is 0 Å². The Hall–Kier alpha value is -1.40. The van der Waals surface area contributed by atoms with Crippen LogP contribution in [0.25, 0.3) is 0 Å². The van der Waals surface area contributed by atoms with E-state index in [1.165, 1.54) is 0 Å². The second-order valence-electron chi connectivity index (χ2n) is 4.93. The van der Waals surface area contributed by atoms with Gasteiger partial charge in [0.1, 0.15) is 18.2 Å². The molecular formula is C14H24N4O2. The molecule has 1 aliphatic rings. The number of rotatable bonds is 8. The van der Waals surface area contributed by atoms with Gasteiger partial charge in [-0.3, -0.25) is 0 Å². The van der Waals surface area contributed by atoms with Crippen LogP contribution in [0.4, 0.5) is 11.6 Å². The van der Waals surface area contributed by atoms with E-state index in [-0.39, 0.29) is 0 Å². The molecule has 2 heterocycles. The minimum absolute atomic E-state index is 0.294. The van der Waals surface area contributed by atoms with Gasteiger partial charge < -0.3 is 20.1 Å². The standard InChI is InChI=1S/C14H24N4O2/c1-3-6-15-12-8-13(18-14(17-12)10-19-2)16-9-11-5-4-7-20-11/h8,11H,3-7,9-10H2,1-2H3,(H2,15,16,17,18). The number of hydrogen-bond acceptors (Lipinski definition) is 6. The third-order valence-electron chi connectivity index (χ3n) is 3.14. The van der Waals surface area contributed by atoms with E-state index in [2.05, 4.69) is 27.5 Å². The molecule has 1 fully saturated rings. The van der Waals surface area contributed by atoms with Crippen molar-refractivity contribution in [2.24, 2.45) is 0 Å². The van der Waals surface area contributed by atoms with Gasteiger partial charge in [-0.2, -0.15) is 0 Å². The minimum atomic E-state index is 0.294. The average molecular weight is 280 g/mol. The molecule has 1 atom stereocenters. The fourth-order valence-corrected chi connectivity index (χ4v) is 2.15. The zero-order valence-corrected chi connectivity index (χ0v) is 12.3. The average Bonchev–Trinajstić information content (AvgIpc) is 2.96. The molecule has 112 valence electrons. The van der Waals surface area contributed by atoms with Gasteiger partial charge >= 0.3 is 0 Å². The summed E-state index contributed by atoms with van der Waals surface area (Å²) in [4.78, 5) is 8.87. The van der Waals surface area contributed by atoms with Crippen LogP contribution in [0.15, 0.2) is 6.07 Å². The fraction of sp³-hybridized carbons (Fsp3) is 0.714. The quantitative estimate of drug-likeness (QED) is 0.759. The highest BCUT2D eigenvalue weighted by atomic mass is 16.5. The van der Waals surface area contributed by atoms with E-state index in [0.717, 1.165) is 50.6 Å². The summed E-state index contributed by atoms with van der Waals surface area (Å²) >= 11 is 0. The summed E-state index contributed by atoms with van der Waals surface area (Å²) in [5.41, 5.74) is 0. The van der Waals surface area contributed by atoms with Gasteiger partial charge in [-0.15, -0.1) is 0 Å². The van der Waals surface area contributed by atoms with Crippen LogP contribution in [0.5, 0.6) is 0 Å². The van der Waals surface area contributed by atoms with E-state index in [0.29, 0.717) is 18.5 Å². The van der Waals surface area contributed by atoms with E-state index in [1.54, 1.807) is 7.11 Å². The van der Waals surface area contributed by atoms with Gasteiger partial charge in [0, 0.05) is 32.9 Å². The number of aromatic nitrogens is 2. The smallest absolute Gasteiger partial charge is 0.158 e. The molecule has 6 heteroatoms. The molecule has 1 aromatic rings. The largest absolute Gasteiger partial charge is 0.377 e. The third-order valence-corrected chi connectivity index (χ3v) is 3.14. The van der Waals surface area contributed by atoms with E-state index in [9.17, 15) is 0 Å². The second-order valence-corrected chi connectivity index (χ2v) is 4.93. The van der Waals surface area contributed by atoms with Crippen molar-refractivity contribution < 1.29 is 9.47 Å². The summed E-state index contributed by atoms with van der Waals surface area (Å²) < 4.78 is 10.7. The maximum atomic E-state index is 5.60. The molecule has 0 aliphatic carbocycles.